The molecule has 1 saturated carbocycles. The number of carbonyl (C=O) groups excluding carboxylic acids is 1. The fourth-order valence-electron chi connectivity index (χ4n) is 6.87. The maximum Gasteiger partial charge on any atom is 0.416 e. The summed E-state index contributed by atoms with van der Waals surface area (Å²) in [4.78, 5) is 30.7. The maximum atomic E-state index is 13.9. The predicted octanol–water partition coefficient (Wildman–Crippen LogP) is 7.02. The minimum atomic E-state index is -4.55. The normalized spacial score (nSPS) is 20.7. The Morgan fingerprint density at radius 2 is 1.75 bits per heavy atom. The first-order chi connectivity index (χ1) is 22.7. The Labute approximate surface area is 281 Å². The topological polar surface area (TPSA) is 117 Å². The molecular weight excluding hydrogens is 667 g/mol. The number of nitrogens with one attached hydrogen (secondary N) is 1. The molecule has 4 aromatic rings. The van der Waals surface area contributed by atoms with Gasteiger partial charge in [-0.2, -0.15) is 17.5 Å². The van der Waals surface area contributed by atoms with E-state index in [1.165, 1.54) is 28.6 Å². The molecule has 6 rings (SSSR count). The van der Waals surface area contributed by atoms with Crippen LogP contribution >= 0.6 is 11.6 Å². The zero-order valence-corrected chi connectivity index (χ0v) is 27.4. The minimum absolute atomic E-state index is 0.00157. The van der Waals surface area contributed by atoms with Crippen LogP contribution in [0.4, 0.5) is 13.2 Å². The maximum absolute atomic E-state index is 13.9. The Hall–Kier alpha value is -4.00. The van der Waals surface area contributed by atoms with Crippen molar-refractivity contribution in [3.63, 3.8) is 0 Å². The van der Waals surface area contributed by atoms with Gasteiger partial charge < -0.3 is 10.4 Å². The second kappa shape index (κ2) is 13.1. The van der Waals surface area contributed by atoms with Crippen LogP contribution in [0.3, 0.4) is 0 Å². The lowest BCUT2D eigenvalue weighted by Crippen LogP contribution is -2.53. The van der Waals surface area contributed by atoms with Crippen molar-refractivity contribution in [3.8, 4) is 11.3 Å². The summed E-state index contributed by atoms with van der Waals surface area (Å²) in [5.74, 6) is -1.93. The van der Waals surface area contributed by atoms with Crippen LogP contribution in [-0.2, 0) is 32.2 Å². The first-order valence-electron chi connectivity index (χ1n) is 15.6. The number of fused-ring (bicyclic) bond motifs is 2. The molecule has 2 aliphatic rings. The lowest BCUT2D eigenvalue weighted by Gasteiger charge is -2.33. The first kappa shape index (κ1) is 33.9. The van der Waals surface area contributed by atoms with Gasteiger partial charge in [0, 0.05) is 28.4 Å². The van der Waals surface area contributed by atoms with Crippen LogP contribution in [0.5, 0.6) is 0 Å². The first-order valence-corrected chi connectivity index (χ1v) is 17.4. The highest BCUT2D eigenvalue weighted by Gasteiger charge is 2.51. The molecule has 1 aliphatic carbocycles. The van der Waals surface area contributed by atoms with Gasteiger partial charge in [-0.05, 0) is 86.2 Å². The van der Waals surface area contributed by atoms with Crippen LogP contribution in [-0.4, -0.2) is 52.8 Å². The van der Waals surface area contributed by atoms with Gasteiger partial charge in [0.25, 0.3) is 0 Å². The Morgan fingerprint density at radius 1 is 1.02 bits per heavy atom. The number of carbonyl (C=O) groups is 2. The molecule has 0 bridgehead atoms. The highest BCUT2D eigenvalue weighted by molar-refractivity contribution is 7.89. The van der Waals surface area contributed by atoms with Crippen LogP contribution < -0.4 is 5.32 Å². The molecule has 3 aromatic carbocycles. The number of hydrogen-bond acceptors (Lipinski definition) is 5. The molecular formula is C35H33ClF3N3O5S. The third-order valence-electron chi connectivity index (χ3n) is 9.31. The zero-order valence-electron chi connectivity index (χ0n) is 25.9. The van der Waals surface area contributed by atoms with E-state index < -0.39 is 45.7 Å². The molecule has 13 heteroatoms. The van der Waals surface area contributed by atoms with E-state index >= 15 is 0 Å². The summed E-state index contributed by atoms with van der Waals surface area (Å²) in [6.07, 6.45) is -1.12. The van der Waals surface area contributed by atoms with Crippen LogP contribution in [0.1, 0.15) is 48.8 Å². The molecule has 4 atom stereocenters. The number of benzene rings is 3. The molecule has 1 saturated heterocycles. The van der Waals surface area contributed by atoms with Gasteiger partial charge in [0.15, 0.2) is 0 Å². The van der Waals surface area contributed by atoms with Crippen LogP contribution in [0, 0.1) is 12.8 Å². The van der Waals surface area contributed by atoms with Gasteiger partial charge in [-0.25, -0.2) is 18.2 Å². The van der Waals surface area contributed by atoms with E-state index in [-0.39, 0.29) is 39.6 Å². The van der Waals surface area contributed by atoms with Crippen LogP contribution in [0.25, 0.3) is 22.2 Å². The number of carboxylic acids is 1. The molecule has 48 heavy (non-hydrogen) atoms. The summed E-state index contributed by atoms with van der Waals surface area (Å²) >= 11 is 6.21. The zero-order chi connectivity index (χ0) is 34.4. The lowest BCUT2D eigenvalue weighted by atomic mass is 9.85. The number of sulfonamides is 1. The third kappa shape index (κ3) is 6.79. The Balaban J connectivity index is 1.23. The number of hydrogen-bond donors (Lipinski definition) is 2. The summed E-state index contributed by atoms with van der Waals surface area (Å²) in [7, 11) is -4.04. The summed E-state index contributed by atoms with van der Waals surface area (Å²) in [6, 6.07) is 14.9. The van der Waals surface area contributed by atoms with Gasteiger partial charge in [0.2, 0.25) is 15.9 Å². The van der Waals surface area contributed by atoms with Crippen molar-refractivity contribution in [2.24, 2.45) is 5.92 Å². The van der Waals surface area contributed by atoms with Crippen molar-refractivity contribution >= 4 is 44.4 Å². The van der Waals surface area contributed by atoms with Gasteiger partial charge in [-0.15, -0.1) is 0 Å². The number of rotatable bonds is 8. The quantitative estimate of drug-likeness (QED) is 0.204. The summed E-state index contributed by atoms with van der Waals surface area (Å²) in [6.45, 7) is 1.85. The Morgan fingerprint density at radius 3 is 2.46 bits per heavy atom. The number of aromatic nitrogens is 1. The van der Waals surface area contributed by atoms with Crippen molar-refractivity contribution in [2.75, 3.05) is 0 Å². The highest BCUT2D eigenvalue weighted by atomic mass is 35.5. The van der Waals surface area contributed by atoms with E-state index in [1.807, 2.05) is 6.92 Å². The van der Waals surface area contributed by atoms with Crippen molar-refractivity contribution in [1.82, 2.24) is 14.6 Å². The second-order valence-corrected chi connectivity index (χ2v) is 14.8. The number of aryl methyl sites for hydroxylation is 1. The van der Waals surface area contributed by atoms with E-state index in [1.54, 1.807) is 36.4 Å². The van der Waals surface area contributed by atoms with E-state index in [0.29, 0.717) is 29.3 Å². The molecule has 1 aliphatic heterocycles. The fraction of sp³-hybridized carbons (Fsp3) is 0.343. The molecule has 0 spiro atoms. The van der Waals surface area contributed by atoms with Crippen LogP contribution in [0.2, 0.25) is 5.02 Å². The van der Waals surface area contributed by atoms with E-state index in [9.17, 15) is 36.3 Å². The average Bonchev–Trinajstić information content (AvgIpc) is 3.45. The molecule has 2 fully saturated rings. The summed E-state index contributed by atoms with van der Waals surface area (Å²) in [5, 5.41) is 13.4. The number of halogens is 4. The number of amides is 1. The van der Waals surface area contributed by atoms with Gasteiger partial charge in [0.05, 0.1) is 21.7 Å². The minimum Gasteiger partial charge on any atom is -0.480 e. The Kier molecular flexibility index (Phi) is 9.27. The standard InChI is InChI=1S/C35H33ClF3N3O5S/c1-20-6-11-25(12-7-20)48(46,47)42-31-5-3-2-4-23(31)18-32(42)33(43)41-30(34(44)45)17-21-8-14-28-22(16-21)9-15-29(40-28)26-19-24(35(37,38)39)10-13-27(26)36/h6-16,19,23,30-32H,2-5,17-18H2,1H3,(H,41,43)(H,44,45)/t23-,30?,31-,32-/m0/s1. The number of alkyl halides is 3. The Bertz CT molecular complexity index is 1990. The van der Waals surface area contributed by atoms with Crippen LogP contribution in [0.15, 0.2) is 77.7 Å². The molecule has 1 amide bonds. The second-order valence-electron chi connectivity index (χ2n) is 12.5. The van der Waals surface area contributed by atoms with Gasteiger partial charge in [-0.1, -0.05) is 54.3 Å². The number of aliphatic carboxylic acids is 1. The van der Waals surface area contributed by atoms with E-state index in [4.69, 9.17) is 11.6 Å². The van der Waals surface area contributed by atoms with Crippen molar-refractivity contribution in [1.29, 1.82) is 0 Å². The van der Waals surface area contributed by atoms with Gasteiger partial charge in [-0.3, -0.25) is 4.79 Å². The van der Waals surface area contributed by atoms with Gasteiger partial charge in [0.1, 0.15) is 12.1 Å². The van der Waals surface area contributed by atoms with Gasteiger partial charge >= 0.3 is 12.1 Å². The molecule has 1 aromatic heterocycles. The molecule has 1 unspecified atom stereocenters. The molecule has 2 N–H and O–H groups in total. The predicted molar refractivity (Wildman–Crippen MR) is 175 cm³/mol. The summed E-state index contributed by atoms with van der Waals surface area (Å²) < 4.78 is 69.0. The van der Waals surface area contributed by atoms with E-state index in [2.05, 4.69) is 10.3 Å². The summed E-state index contributed by atoms with van der Waals surface area (Å²) in [5.41, 5.74) is 1.42. The molecule has 2 heterocycles. The van der Waals surface area contributed by atoms with Crippen molar-refractivity contribution < 1.29 is 36.3 Å². The molecule has 8 nitrogen and oxygen atoms in total. The SMILES string of the molecule is Cc1ccc(S(=O)(=O)N2[C@H](C(=O)NC(Cc3ccc4nc(-c5cc(C(F)(F)F)ccc5Cl)ccc4c3)C(=O)O)C[C@@H]3CCCC[C@@H]32)cc1. The number of carboxylic acid groups (broad SMARTS) is 1. The smallest absolute Gasteiger partial charge is 0.416 e. The molecule has 0 radical (unpaired) electrons. The third-order valence-corrected chi connectivity index (χ3v) is 11.6. The average molecular weight is 700 g/mol. The van der Waals surface area contributed by atoms with Crippen molar-refractivity contribution in [3.05, 3.63) is 94.5 Å². The van der Waals surface area contributed by atoms with Crippen molar-refractivity contribution in [2.45, 2.75) is 74.6 Å². The molecule has 252 valence electrons. The number of pyridine rings is 1. The fourth-order valence-corrected chi connectivity index (χ4v) is 8.96. The van der Waals surface area contributed by atoms with E-state index in [0.717, 1.165) is 37.0 Å². The monoisotopic (exact) mass is 699 g/mol. The lowest BCUT2D eigenvalue weighted by molar-refractivity contribution is -0.142. The number of nitrogens with zero attached hydrogens (tertiary/aromatic N) is 2. The highest BCUT2D eigenvalue weighted by Crippen LogP contribution is 2.43. The largest absolute Gasteiger partial charge is 0.480 e.